The molecule has 1 N–H and O–H groups in total. The molecule has 1 aromatic rings. The van der Waals surface area contributed by atoms with E-state index in [0.717, 1.165) is 19.3 Å². The van der Waals surface area contributed by atoms with Gasteiger partial charge in [0.2, 0.25) is 5.95 Å². The fourth-order valence-electron chi connectivity index (χ4n) is 1.61. The Kier molecular flexibility index (Phi) is 5.98. The standard InChI is InChI=1S/C12H20N4O3/c1-4-6-7-8-19-11-10(16(17)18)9(3)14-12(15-11)13-5-2/h4-8H2,1-3H3,(H,13,14,15). The Balaban J connectivity index is 2.92. The van der Waals surface area contributed by atoms with Crippen LogP contribution in [-0.2, 0) is 0 Å². The van der Waals surface area contributed by atoms with E-state index in [-0.39, 0.29) is 11.6 Å². The number of hydrogen-bond donors (Lipinski definition) is 1. The van der Waals surface area contributed by atoms with Gasteiger partial charge in [0.25, 0.3) is 5.88 Å². The zero-order valence-electron chi connectivity index (χ0n) is 11.6. The quantitative estimate of drug-likeness (QED) is 0.443. The van der Waals surface area contributed by atoms with E-state index in [2.05, 4.69) is 22.2 Å². The molecule has 0 aliphatic heterocycles. The van der Waals surface area contributed by atoms with Crippen molar-refractivity contribution >= 4 is 11.6 Å². The Hall–Kier alpha value is -1.92. The van der Waals surface area contributed by atoms with Crippen LogP contribution in [0.15, 0.2) is 0 Å². The summed E-state index contributed by atoms with van der Waals surface area (Å²) >= 11 is 0. The Labute approximate surface area is 112 Å². The number of hydrogen-bond acceptors (Lipinski definition) is 6. The van der Waals surface area contributed by atoms with Crippen LogP contribution in [0.2, 0.25) is 0 Å². The molecular weight excluding hydrogens is 248 g/mol. The average Bonchev–Trinajstić information content (AvgIpc) is 2.34. The summed E-state index contributed by atoms with van der Waals surface area (Å²) in [6.07, 6.45) is 2.95. The number of ether oxygens (including phenoxy) is 1. The summed E-state index contributed by atoms with van der Waals surface area (Å²) in [6, 6.07) is 0. The molecule has 106 valence electrons. The van der Waals surface area contributed by atoms with Gasteiger partial charge in [-0.3, -0.25) is 10.1 Å². The molecule has 0 amide bonds. The lowest BCUT2D eigenvalue weighted by atomic mass is 10.3. The van der Waals surface area contributed by atoms with Crippen molar-refractivity contribution in [2.75, 3.05) is 18.5 Å². The molecule has 0 unspecified atom stereocenters. The highest BCUT2D eigenvalue weighted by Gasteiger charge is 2.23. The molecule has 0 bridgehead atoms. The molecule has 0 spiro atoms. The highest BCUT2D eigenvalue weighted by molar-refractivity contribution is 5.48. The van der Waals surface area contributed by atoms with E-state index >= 15 is 0 Å². The van der Waals surface area contributed by atoms with Crippen molar-refractivity contribution in [2.45, 2.75) is 40.0 Å². The number of unbranched alkanes of at least 4 members (excludes halogenated alkanes) is 2. The number of aryl methyl sites for hydroxylation is 1. The van der Waals surface area contributed by atoms with Crippen LogP contribution in [-0.4, -0.2) is 28.0 Å². The van der Waals surface area contributed by atoms with E-state index in [4.69, 9.17) is 4.74 Å². The molecule has 19 heavy (non-hydrogen) atoms. The first-order chi connectivity index (χ1) is 9.10. The van der Waals surface area contributed by atoms with Crippen LogP contribution in [0.4, 0.5) is 11.6 Å². The summed E-state index contributed by atoms with van der Waals surface area (Å²) in [4.78, 5) is 18.6. The lowest BCUT2D eigenvalue weighted by Crippen LogP contribution is -2.09. The molecule has 0 fully saturated rings. The second-order valence-electron chi connectivity index (χ2n) is 4.13. The number of nitrogens with zero attached hydrogens (tertiary/aromatic N) is 3. The van der Waals surface area contributed by atoms with E-state index in [9.17, 15) is 10.1 Å². The monoisotopic (exact) mass is 268 g/mol. The normalized spacial score (nSPS) is 10.3. The van der Waals surface area contributed by atoms with Crippen molar-refractivity contribution in [3.8, 4) is 5.88 Å². The minimum atomic E-state index is -0.500. The van der Waals surface area contributed by atoms with Gasteiger partial charge in [0, 0.05) is 6.54 Å². The molecule has 0 atom stereocenters. The van der Waals surface area contributed by atoms with E-state index in [1.807, 2.05) is 6.92 Å². The van der Waals surface area contributed by atoms with Crippen molar-refractivity contribution in [3.63, 3.8) is 0 Å². The van der Waals surface area contributed by atoms with Crippen LogP contribution in [0.25, 0.3) is 0 Å². The summed E-state index contributed by atoms with van der Waals surface area (Å²) < 4.78 is 5.44. The second-order valence-corrected chi connectivity index (χ2v) is 4.13. The number of aromatic nitrogens is 2. The minimum Gasteiger partial charge on any atom is -0.473 e. The van der Waals surface area contributed by atoms with Gasteiger partial charge in [0.1, 0.15) is 5.69 Å². The second kappa shape index (κ2) is 7.50. The summed E-state index contributed by atoms with van der Waals surface area (Å²) in [6.45, 7) is 6.64. The molecule has 0 aromatic carbocycles. The molecule has 1 heterocycles. The molecule has 0 aliphatic carbocycles. The van der Waals surface area contributed by atoms with Crippen LogP contribution in [0.1, 0.15) is 38.8 Å². The molecule has 0 saturated heterocycles. The van der Waals surface area contributed by atoms with Gasteiger partial charge in [0.15, 0.2) is 0 Å². The van der Waals surface area contributed by atoms with Gasteiger partial charge in [-0.15, -0.1) is 0 Å². The zero-order valence-corrected chi connectivity index (χ0v) is 11.6. The van der Waals surface area contributed by atoms with Gasteiger partial charge in [-0.1, -0.05) is 19.8 Å². The predicted molar refractivity (Wildman–Crippen MR) is 72.6 cm³/mol. The smallest absolute Gasteiger partial charge is 0.352 e. The number of rotatable bonds is 8. The lowest BCUT2D eigenvalue weighted by molar-refractivity contribution is -0.387. The maximum atomic E-state index is 11.0. The summed E-state index contributed by atoms with van der Waals surface area (Å²) in [7, 11) is 0. The van der Waals surface area contributed by atoms with Gasteiger partial charge >= 0.3 is 5.69 Å². The van der Waals surface area contributed by atoms with Crippen LogP contribution < -0.4 is 10.1 Å². The molecule has 7 nitrogen and oxygen atoms in total. The lowest BCUT2D eigenvalue weighted by Gasteiger charge is -2.09. The van der Waals surface area contributed by atoms with E-state index < -0.39 is 4.92 Å². The molecular formula is C12H20N4O3. The van der Waals surface area contributed by atoms with Crippen LogP contribution >= 0.6 is 0 Å². The fraction of sp³-hybridized carbons (Fsp3) is 0.667. The van der Waals surface area contributed by atoms with Gasteiger partial charge in [-0.25, -0.2) is 4.98 Å². The Bertz CT molecular complexity index is 437. The molecule has 0 aliphatic rings. The molecule has 1 aromatic heterocycles. The van der Waals surface area contributed by atoms with Gasteiger partial charge in [-0.2, -0.15) is 4.98 Å². The van der Waals surface area contributed by atoms with Crippen molar-refractivity contribution in [1.82, 2.24) is 9.97 Å². The highest BCUT2D eigenvalue weighted by atomic mass is 16.6. The summed E-state index contributed by atoms with van der Waals surface area (Å²) in [5, 5.41) is 14.0. The zero-order chi connectivity index (χ0) is 14.3. The van der Waals surface area contributed by atoms with Gasteiger partial charge in [-0.05, 0) is 20.3 Å². The largest absolute Gasteiger partial charge is 0.473 e. The van der Waals surface area contributed by atoms with Gasteiger partial charge < -0.3 is 10.1 Å². The maximum absolute atomic E-state index is 11.0. The third-order valence-electron chi connectivity index (χ3n) is 2.53. The summed E-state index contributed by atoms with van der Waals surface area (Å²) in [5.41, 5.74) is 0.152. The van der Waals surface area contributed by atoms with Crippen molar-refractivity contribution < 1.29 is 9.66 Å². The number of nitrogens with one attached hydrogen (secondary N) is 1. The topological polar surface area (TPSA) is 90.2 Å². The molecule has 7 heteroatoms. The third kappa shape index (κ3) is 4.35. The maximum Gasteiger partial charge on any atom is 0.352 e. The number of nitro groups is 1. The Morgan fingerprint density at radius 2 is 2.05 bits per heavy atom. The Morgan fingerprint density at radius 1 is 1.32 bits per heavy atom. The summed E-state index contributed by atoms with van der Waals surface area (Å²) in [5.74, 6) is 0.403. The fourth-order valence-corrected chi connectivity index (χ4v) is 1.61. The highest BCUT2D eigenvalue weighted by Crippen LogP contribution is 2.28. The first-order valence-electron chi connectivity index (χ1n) is 6.49. The first-order valence-corrected chi connectivity index (χ1v) is 6.49. The average molecular weight is 268 g/mol. The van der Waals surface area contributed by atoms with E-state index in [1.165, 1.54) is 0 Å². The van der Waals surface area contributed by atoms with Crippen LogP contribution in [0, 0.1) is 17.0 Å². The molecule has 1 rings (SSSR count). The molecule has 0 radical (unpaired) electrons. The SMILES string of the molecule is CCCCCOc1nc(NCC)nc(C)c1[N+](=O)[O-]. The van der Waals surface area contributed by atoms with Crippen LogP contribution in [0.3, 0.4) is 0 Å². The van der Waals surface area contributed by atoms with Crippen molar-refractivity contribution in [2.24, 2.45) is 0 Å². The van der Waals surface area contributed by atoms with Crippen molar-refractivity contribution in [3.05, 3.63) is 15.8 Å². The third-order valence-corrected chi connectivity index (χ3v) is 2.53. The first kappa shape index (κ1) is 15.1. The molecule has 0 saturated carbocycles. The van der Waals surface area contributed by atoms with E-state index in [1.54, 1.807) is 6.92 Å². The predicted octanol–water partition coefficient (Wildman–Crippen LogP) is 2.69. The van der Waals surface area contributed by atoms with Gasteiger partial charge in [0.05, 0.1) is 11.5 Å². The number of anilines is 1. The van der Waals surface area contributed by atoms with Crippen LogP contribution in [0.5, 0.6) is 5.88 Å². The van der Waals surface area contributed by atoms with Crippen molar-refractivity contribution in [1.29, 1.82) is 0 Å². The Morgan fingerprint density at radius 3 is 2.63 bits per heavy atom. The van der Waals surface area contributed by atoms with E-state index in [0.29, 0.717) is 24.8 Å². The minimum absolute atomic E-state index is 0.0459.